The van der Waals surface area contributed by atoms with Crippen molar-refractivity contribution in [2.45, 2.75) is 24.6 Å². The molecule has 2 aromatic carbocycles. The SMILES string of the molecule is Fc1ccc([C@H]2Nc3ccc(C(F)(F)F)cc3[C@@H]3C=CC[C@@H]23)cc1. The summed E-state index contributed by atoms with van der Waals surface area (Å²) in [6, 6.07) is 10.1. The fourth-order valence-corrected chi connectivity index (χ4v) is 3.77. The lowest BCUT2D eigenvalue weighted by molar-refractivity contribution is -0.137. The molecule has 1 heterocycles. The Bertz CT molecular complexity index is 792. The van der Waals surface area contributed by atoms with E-state index in [1.807, 2.05) is 12.2 Å². The predicted molar refractivity (Wildman–Crippen MR) is 84.2 cm³/mol. The number of nitrogens with one attached hydrogen (secondary N) is 1. The van der Waals surface area contributed by atoms with E-state index in [2.05, 4.69) is 5.32 Å². The summed E-state index contributed by atoms with van der Waals surface area (Å²) in [4.78, 5) is 0. The zero-order chi connectivity index (χ0) is 16.9. The number of fused-ring (bicyclic) bond motifs is 3. The van der Waals surface area contributed by atoms with Crippen LogP contribution in [0.5, 0.6) is 0 Å². The van der Waals surface area contributed by atoms with E-state index in [-0.39, 0.29) is 23.7 Å². The van der Waals surface area contributed by atoms with Crippen LogP contribution in [0.3, 0.4) is 0 Å². The Kier molecular flexibility index (Phi) is 3.41. The molecule has 1 N–H and O–H groups in total. The first-order chi connectivity index (χ1) is 11.4. The van der Waals surface area contributed by atoms with Crippen molar-refractivity contribution in [3.63, 3.8) is 0 Å². The summed E-state index contributed by atoms with van der Waals surface area (Å²) in [6.07, 6.45) is 0.444. The number of allylic oxidation sites excluding steroid dienone is 2. The third-order valence-corrected chi connectivity index (χ3v) is 4.92. The van der Waals surface area contributed by atoms with Gasteiger partial charge in [-0.3, -0.25) is 0 Å². The molecule has 0 unspecified atom stereocenters. The summed E-state index contributed by atoms with van der Waals surface area (Å²) in [6.45, 7) is 0. The molecule has 4 rings (SSSR count). The van der Waals surface area contributed by atoms with Gasteiger partial charge in [0, 0.05) is 11.6 Å². The number of rotatable bonds is 1. The van der Waals surface area contributed by atoms with Gasteiger partial charge in [-0.1, -0.05) is 24.3 Å². The van der Waals surface area contributed by atoms with Crippen LogP contribution < -0.4 is 5.32 Å². The van der Waals surface area contributed by atoms with Crippen LogP contribution >= 0.6 is 0 Å². The van der Waals surface area contributed by atoms with E-state index in [0.717, 1.165) is 18.1 Å². The molecule has 0 radical (unpaired) electrons. The number of halogens is 4. The molecular weight excluding hydrogens is 318 g/mol. The topological polar surface area (TPSA) is 12.0 Å². The highest BCUT2D eigenvalue weighted by atomic mass is 19.4. The van der Waals surface area contributed by atoms with Crippen LogP contribution in [0.25, 0.3) is 0 Å². The van der Waals surface area contributed by atoms with Crippen LogP contribution in [0.2, 0.25) is 0 Å². The molecule has 0 bridgehead atoms. The molecule has 0 amide bonds. The van der Waals surface area contributed by atoms with Crippen LogP contribution in [-0.4, -0.2) is 0 Å². The molecule has 5 heteroatoms. The van der Waals surface area contributed by atoms with Crippen molar-refractivity contribution < 1.29 is 17.6 Å². The molecule has 3 atom stereocenters. The highest BCUT2D eigenvalue weighted by Gasteiger charge is 2.39. The third kappa shape index (κ3) is 2.48. The molecule has 1 aliphatic heterocycles. The largest absolute Gasteiger partial charge is 0.416 e. The average Bonchev–Trinajstić information content (AvgIpc) is 3.03. The standard InChI is InChI=1S/C19H15F4N/c20-13-7-4-11(5-8-13)18-15-3-1-2-14(15)16-10-12(19(21,22)23)6-9-17(16)24-18/h1-2,4-10,14-15,18,24H,3H2/t14-,15-,18-/m1/s1. The summed E-state index contributed by atoms with van der Waals surface area (Å²) in [5.74, 6) is -0.226. The van der Waals surface area contributed by atoms with Crippen molar-refractivity contribution in [3.05, 3.63) is 77.1 Å². The minimum absolute atomic E-state index is 0.0464. The Morgan fingerprint density at radius 1 is 1.00 bits per heavy atom. The zero-order valence-corrected chi connectivity index (χ0v) is 12.6. The Hall–Kier alpha value is -2.30. The molecule has 1 nitrogen and oxygen atoms in total. The lowest BCUT2D eigenvalue weighted by Gasteiger charge is -2.37. The first-order valence-electron chi connectivity index (χ1n) is 7.83. The average molecular weight is 333 g/mol. The summed E-state index contributed by atoms with van der Waals surface area (Å²) in [7, 11) is 0. The zero-order valence-electron chi connectivity index (χ0n) is 12.6. The minimum Gasteiger partial charge on any atom is -0.378 e. The number of hydrogen-bond donors (Lipinski definition) is 1. The minimum atomic E-state index is -4.35. The van der Waals surface area contributed by atoms with Gasteiger partial charge in [0.05, 0.1) is 11.6 Å². The molecule has 0 saturated carbocycles. The van der Waals surface area contributed by atoms with Crippen molar-refractivity contribution in [1.82, 2.24) is 0 Å². The highest BCUT2D eigenvalue weighted by Crippen LogP contribution is 2.50. The van der Waals surface area contributed by atoms with Gasteiger partial charge in [0.25, 0.3) is 0 Å². The van der Waals surface area contributed by atoms with Crippen molar-refractivity contribution in [2.24, 2.45) is 5.92 Å². The Morgan fingerprint density at radius 3 is 2.46 bits per heavy atom. The second-order valence-electron chi connectivity index (χ2n) is 6.33. The van der Waals surface area contributed by atoms with Gasteiger partial charge < -0.3 is 5.32 Å². The second kappa shape index (κ2) is 5.36. The molecule has 1 aliphatic carbocycles. The van der Waals surface area contributed by atoms with Gasteiger partial charge in [0.2, 0.25) is 0 Å². The fourth-order valence-electron chi connectivity index (χ4n) is 3.77. The first kappa shape index (κ1) is 15.2. The monoisotopic (exact) mass is 333 g/mol. The Balaban J connectivity index is 1.76. The molecule has 2 aromatic rings. The normalized spacial score (nSPS) is 25.1. The van der Waals surface area contributed by atoms with Gasteiger partial charge in [-0.2, -0.15) is 13.2 Å². The van der Waals surface area contributed by atoms with Gasteiger partial charge in [-0.05, 0) is 53.8 Å². The van der Waals surface area contributed by atoms with E-state index in [1.165, 1.54) is 24.3 Å². The van der Waals surface area contributed by atoms with Crippen LogP contribution in [0.15, 0.2) is 54.6 Å². The second-order valence-corrected chi connectivity index (χ2v) is 6.33. The summed E-state index contributed by atoms with van der Waals surface area (Å²) < 4.78 is 52.2. The van der Waals surface area contributed by atoms with E-state index in [4.69, 9.17) is 0 Å². The van der Waals surface area contributed by atoms with Gasteiger partial charge >= 0.3 is 6.18 Å². The lowest BCUT2D eigenvalue weighted by atomic mass is 9.76. The molecule has 0 fully saturated rings. The molecule has 0 saturated heterocycles. The number of benzene rings is 2. The van der Waals surface area contributed by atoms with E-state index in [1.54, 1.807) is 12.1 Å². The van der Waals surface area contributed by atoms with Crippen LogP contribution in [0.4, 0.5) is 23.2 Å². The highest BCUT2D eigenvalue weighted by molar-refractivity contribution is 5.61. The van der Waals surface area contributed by atoms with Gasteiger partial charge in [-0.15, -0.1) is 0 Å². The third-order valence-electron chi connectivity index (χ3n) is 4.92. The maximum absolute atomic E-state index is 13.2. The first-order valence-corrected chi connectivity index (χ1v) is 7.83. The van der Waals surface area contributed by atoms with Crippen LogP contribution in [-0.2, 0) is 6.18 Å². The molecule has 2 aliphatic rings. The summed E-state index contributed by atoms with van der Waals surface area (Å²) in [5.41, 5.74) is 1.72. The van der Waals surface area contributed by atoms with Crippen molar-refractivity contribution in [2.75, 3.05) is 5.32 Å². The quantitative estimate of drug-likeness (QED) is 0.524. The lowest BCUT2D eigenvalue weighted by Crippen LogP contribution is -2.29. The molecule has 0 aromatic heterocycles. The van der Waals surface area contributed by atoms with Crippen molar-refractivity contribution >= 4 is 5.69 Å². The Labute approximate surface area is 137 Å². The number of hydrogen-bond acceptors (Lipinski definition) is 1. The van der Waals surface area contributed by atoms with E-state index in [9.17, 15) is 17.6 Å². The molecule has 24 heavy (non-hydrogen) atoms. The van der Waals surface area contributed by atoms with Gasteiger partial charge in [-0.25, -0.2) is 4.39 Å². The van der Waals surface area contributed by atoms with E-state index in [0.29, 0.717) is 11.3 Å². The summed E-state index contributed by atoms with van der Waals surface area (Å²) in [5, 5.41) is 3.35. The van der Waals surface area contributed by atoms with Crippen LogP contribution in [0, 0.1) is 11.7 Å². The molecule has 0 spiro atoms. The summed E-state index contributed by atoms with van der Waals surface area (Å²) >= 11 is 0. The molecular formula is C19H15F4N. The van der Waals surface area contributed by atoms with Gasteiger partial charge in [0.1, 0.15) is 5.82 Å². The van der Waals surface area contributed by atoms with Crippen LogP contribution in [0.1, 0.15) is 35.1 Å². The number of anilines is 1. The van der Waals surface area contributed by atoms with Gasteiger partial charge in [0.15, 0.2) is 0 Å². The predicted octanol–water partition coefficient (Wildman–Crippen LogP) is 5.67. The Morgan fingerprint density at radius 2 is 1.75 bits per heavy atom. The van der Waals surface area contributed by atoms with E-state index >= 15 is 0 Å². The number of alkyl halides is 3. The van der Waals surface area contributed by atoms with E-state index < -0.39 is 11.7 Å². The van der Waals surface area contributed by atoms with Crippen molar-refractivity contribution in [1.29, 1.82) is 0 Å². The maximum Gasteiger partial charge on any atom is 0.416 e. The fraction of sp³-hybridized carbons (Fsp3) is 0.263. The molecule has 124 valence electrons. The maximum atomic E-state index is 13.2. The smallest absolute Gasteiger partial charge is 0.378 e. The van der Waals surface area contributed by atoms with Crippen molar-refractivity contribution in [3.8, 4) is 0 Å².